The highest BCUT2D eigenvalue weighted by molar-refractivity contribution is 5.77. The predicted octanol–water partition coefficient (Wildman–Crippen LogP) is 2.14. The van der Waals surface area contributed by atoms with Crippen LogP contribution in [0, 0.1) is 11.3 Å². The number of likely N-dealkylation sites (N-methyl/N-ethyl adjacent to an activating group) is 1. The summed E-state index contributed by atoms with van der Waals surface area (Å²) in [6, 6.07) is 18.0. The number of carbonyl (C=O) groups excluding carboxylic acids is 1. The predicted molar refractivity (Wildman–Crippen MR) is 111 cm³/mol. The average molecular weight is 393 g/mol. The molecule has 0 saturated carbocycles. The Morgan fingerprint density at radius 2 is 1.97 bits per heavy atom. The summed E-state index contributed by atoms with van der Waals surface area (Å²) in [5.74, 6) is 0.0969. The number of amides is 1. The van der Waals surface area contributed by atoms with E-state index in [9.17, 15) is 9.90 Å². The van der Waals surface area contributed by atoms with Crippen LogP contribution in [-0.4, -0.2) is 61.4 Å². The number of hydrogen-bond acceptors (Lipinski definition) is 5. The van der Waals surface area contributed by atoms with Crippen molar-refractivity contribution in [3.8, 4) is 17.2 Å². The first-order valence-electron chi connectivity index (χ1n) is 9.85. The van der Waals surface area contributed by atoms with E-state index >= 15 is 0 Å². The van der Waals surface area contributed by atoms with Gasteiger partial charge < -0.3 is 20.1 Å². The number of nitrogens with zero attached hydrogens (tertiary/aromatic N) is 2. The summed E-state index contributed by atoms with van der Waals surface area (Å²) in [5, 5.41) is 22.2. The fourth-order valence-corrected chi connectivity index (χ4v) is 3.97. The number of aliphatic hydroxyl groups is 1. The van der Waals surface area contributed by atoms with Gasteiger partial charge in [0, 0.05) is 38.2 Å². The minimum atomic E-state index is -0.0317. The van der Waals surface area contributed by atoms with Crippen molar-refractivity contribution in [2.24, 2.45) is 0 Å². The maximum atomic E-state index is 12.2. The third kappa shape index (κ3) is 4.65. The van der Waals surface area contributed by atoms with Crippen molar-refractivity contribution >= 4 is 5.91 Å². The lowest BCUT2D eigenvalue weighted by Gasteiger charge is -2.47. The third-order valence-electron chi connectivity index (χ3n) is 5.53. The Morgan fingerprint density at radius 3 is 2.59 bits per heavy atom. The van der Waals surface area contributed by atoms with Gasteiger partial charge >= 0.3 is 0 Å². The van der Waals surface area contributed by atoms with Gasteiger partial charge in [-0.2, -0.15) is 5.26 Å². The van der Waals surface area contributed by atoms with Crippen LogP contribution in [0.5, 0.6) is 0 Å². The van der Waals surface area contributed by atoms with Crippen molar-refractivity contribution in [1.82, 2.24) is 10.2 Å². The van der Waals surface area contributed by atoms with E-state index in [0.29, 0.717) is 18.7 Å². The van der Waals surface area contributed by atoms with Crippen LogP contribution in [0.25, 0.3) is 11.1 Å². The molecule has 1 heterocycles. The van der Waals surface area contributed by atoms with E-state index in [1.54, 1.807) is 11.0 Å². The van der Waals surface area contributed by atoms with E-state index in [1.165, 1.54) is 7.11 Å². The van der Waals surface area contributed by atoms with Gasteiger partial charge in [-0.15, -0.1) is 0 Å². The van der Waals surface area contributed by atoms with Gasteiger partial charge in [-0.3, -0.25) is 4.79 Å². The van der Waals surface area contributed by atoms with Crippen LogP contribution in [-0.2, 0) is 9.53 Å². The molecule has 0 spiro atoms. The van der Waals surface area contributed by atoms with Gasteiger partial charge in [-0.1, -0.05) is 36.4 Å². The van der Waals surface area contributed by atoms with Gasteiger partial charge in [0.05, 0.1) is 18.2 Å². The molecule has 6 heteroatoms. The lowest BCUT2D eigenvalue weighted by atomic mass is 9.77. The van der Waals surface area contributed by atoms with E-state index in [1.807, 2.05) is 37.3 Å². The SMILES string of the molecule is CCN(C[C@H]1N[C@@H](CO)[C@@H]1c1ccc(-c2cccc(C#N)c2)cc1)C(=O)COC. The van der Waals surface area contributed by atoms with Gasteiger partial charge in [-0.05, 0) is 35.7 Å². The molecule has 152 valence electrons. The molecule has 2 aromatic carbocycles. The maximum Gasteiger partial charge on any atom is 0.248 e. The van der Waals surface area contributed by atoms with Crippen molar-refractivity contribution in [1.29, 1.82) is 5.26 Å². The van der Waals surface area contributed by atoms with Crippen LogP contribution in [0.1, 0.15) is 24.0 Å². The van der Waals surface area contributed by atoms with Crippen molar-refractivity contribution < 1.29 is 14.6 Å². The highest BCUT2D eigenvalue weighted by Crippen LogP contribution is 2.34. The number of methoxy groups -OCH3 is 1. The largest absolute Gasteiger partial charge is 0.395 e. The standard InChI is InChI=1S/C23H27N3O3/c1-3-26(22(28)15-29-2)13-20-23(21(14-27)25-20)18-9-7-17(8-10-18)19-6-4-5-16(11-19)12-24/h4-11,20-21,23,25,27H,3,13-15H2,1-2H3/t20-,21+,23-/m1/s1. The number of hydrogen-bond donors (Lipinski definition) is 2. The second-order valence-corrected chi connectivity index (χ2v) is 7.27. The second-order valence-electron chi connectivity index (χ2n) is 7.27. The first kappa shape index (κ1) is 21.0. The molecular weight excluding hydrogens is 366 g/mol. The molecule has 3 rings (SSSR count). The summed E-state index contributed by atoms with van der Waals surface area (Å²) in [6.45, 7) is 3.27. The number of nitriles is 1. The molecule has 29 heavy (non-hydrogen) atoms. The van der Waals surface area contributed by atoms with Crippen molar-refractivity contribution in [3.63, 3.8) is 0 Å². The lowest BCUT2D eigenvalue weighted by molar-refractivity contribution is -0.135. The number of aliphatic hydroxyl groups excluding tert-OH is 1. The lowest BCUT2D eigenvalue weighted by Crippen LogP contribution is -2.65. The summed E-state index contributed by atoms with van der Waals surface area (Å²) >= 11 is 0. The van der Waals surface area contributed by atoms with E-state index in [-0.39, 0.29) is 37.1 Å². The highest BCUT2D eigenvalue weighted by atomic mass is 16.5. The van der Waals surface area contributed by atoms with Gasteiger partial charge in [0.2, 0.25) is 5.91 Å². The average Bonchev–Trinajstić information content (AvgIpc) is 2.74. The number of benzene rings is 2. The van der Waals surface area contributed by atoms with Crippen LogP contribution in [0.3, 0.4) is 0 Å². The molecule has 0 unspecified atom stereocenters. The Morgan fingerprint density at radius 1 is 1.21 bits per heavy atom. The molecule has 1 aliphatic rings. The topological polar surface area (TPSA) is 85.6 Å². The van der Waals surface area contributed by atoms with Crippen LogP contribution in [0.2, 0.25) is 0 Å². The first-order chi connectivity index (χ1) is 14.1. The fourth-order valence-electron chi connectivity index (χ4n) is 3.97. The van der Waals surface area contributed by atoms with Crippen LogP contribution >= 0.6 is 0 Å². The summed E-state index contributed by atoms with van der Waals surface area (Å²) in [6.07, 6.45) is 0. The van der Waals surface area contributed by atoms with Gasteiger partial charge in [0.1, 0.15) is 6.61 Å². The molecule has 0 bridgehead atoms. The summed E-state index contributed by atoms with van der Waals surface area (Å²) in [4.78, 5) is 14.0. The Bertz CT molecular complexity index is 876. The number of rotatable bonds is 8. The molecule has 1 saturated heterocycles. The van der Waals surface area contributed by atoms with E-state index in [2.05, 4.69) is 23.5 Å². The Hall–Kier alpha value is -2.72. The van der Waals surface area contributed by atoms with Crippen molar-refractivity contribution in [2.75, 3.05) is 33.4 Å². The second kappa shape index (κ2) is 9.66. The first-order valence-corrected chi connectivity index (χ1v) is 9.85. The van der Waals surface area contributed by atoms with Gasteiger partial charge in [-0.25, -0.2) is 0 Å². The molecule has 2 aromatic rings. The number of ether oxygens (including phenoxy) is 1. The fraction of sp³-hybridized carbons (Fsp3) is 0.391. The van der Waals surface area contributed by atoms with Crippen molar-refractivity contribution in [3.05, 3.63) is 59.7 Å². The molecule has 1 aliphatic heterocycles. The van der Waals surface area contributed by atoms with Gasteiger partial charge in [0.15, 0.2) is 0 Å². The molecular formula is C23H27N3O3. The molecule has 0 aromatic heterocycles. The zero-order valence-electron chi connectivity index (χ0n) is 16.8. The third-order valence-corrected chi connectivity index (χ3v) is 5.53. The minimum Gasteiger partial charge on any atom is -0.395 e. The van der Waals surface area contributed by atoms with Crippen molar-refractivity contribution in [2.45, 2.75) is 24.9 Å². The van der Waals surface area contributed by atoms with Crippen LogP contribution < -0.4 is 5.32 Å². The summed E-state index contributed by atoms with van der Waals surface area (Å²) in [5.41, 5.74) is 3.80. The van der Waals surface area contributed by atoms with Crippen LogP contribution in [0.15, 0.2) is 48.5 Å². The number of carbonyl (C=O) groups is 1. The Kier molecular flexibility index (Phi) is 6.99. The highest BCUT2D eigenvalue weighted by Gasteiger charge is 2.41. The van der Waals surface area contributed by atoms with E-state index in [0.717, 1.165) is 16.7 Å². The molecule has 2 N–H and O–H groups in total. The molecule has 0 radical (unpaired) electrons. The maximum absolute atomic E-state index is 12.2. The van der Waals surface area contributed by atoms with E-state index < -0.39 is 0 Å². The molecule has 0 aliphatic carbocycles. The number of nitrogens with one attached hydrogen (secondary N) is 1. The van der Waals surface area contributed by atoms with E-state index in [4.69, 9.17) is 10.00 Å². The van der Waals surface area contributed by atoms with Crippen LogP contribution in [0.4, 0.5) is 0 Å². The normalized spacial score (nSPS) is 20.6. The molecule has 3 atom stereocenters. The molecule has 6 nitrogen and oxygen atoms in total. The van der Waals surface area contributed by atoms with Gasteiger partial charge in [0.25, 0.3) is 0 Å². The molecule has 1 amide bonds. The monoisotopic (exact) mass is 393 g/mol. The smallest absolute Gasteiger partial charge is 0.248 e. The quantitative estimate of drug-likeness (QED) is 0.718. The Balaban J connectivity index is 1.76. The summed E-state index contributed by atoms with van der Waals surface area (Å²) < 4.78 is 4.97. The zero-order chi connectivity index (χ0) is 20.8. The minimum absolute atomic E-state index is 0.0241. The molecule has 1 fully saturated rings. The Labute approximate surface area is 171 Å². The zero-order valence-corrected chi connectivity index (χ0v) is 16.8. The summed E-state index contributed by atoms with van der Waals surface area (Å²) in [7, 11) is 1.52.